The zero-order valence-electron chi connectivity index (χ0n) is 19.1. The van der Waals surface area contributed by atoms with E-state index in [2.05, 4.69) is 0 Å². The zero-order valence-corrected chi connectivity index (χ0v) is 19.8. The number of para-hydroxylation sites is 2. The lowest BCUT2D eigenvalue weighted by Crippen LogP contribution is -2.37. The first kappa shape index (κ1) is 23.0. The average Bonchev–Trinajstić information content (AvgIpc) is 3.60. The van der Waals surface area contributed by atoms with Crippen molar-refractivity contribution in [1.29, 1.82) is 0 Å². The average molecular weight is 516 g/mol. The van der Waals surface area contributed by atoms with Gasteiger partial charge in [-0.3, -0.25) is 24.5 Å². The maximum Gasteiger partial charge on any atom is 0.280 e. The number of fused-ring (bicyclic) bond motifs is 1. The van der Waals surface area contributed by atoms with E-state index in [1.165, 1.54) is 11.1 Å². The molecule has 0 radical (unpaired) electrons. The van der Waals surface area contributed by atoms with Gasteiger partial charge in [0.05, 0.1) is 21.9 Å². The van der Waals surface area contributed by atoms with E-state index >= 15 is 0 Å². The van der Waals surface area contributed by atoms with Crippen LogP contribution in [0.1, 0.15) is 11.8 Å². The highest BCUT2D eigenvalue weighted by molar-refractivity contribution is 6.31. The van der Waals surface area contributed by atoms with Crippen LogP contribution in [0, 0.1) is 16.0 Å². The fourth-order valence-electron chi connectivity index (χ4n) is 4.84. The number of carbonyl (C=O) groups excluding carboxylic acids is 2. The highest BCUT2D eigenvalue weighted by Crippen LogP contribution is 2.48. The van der Waals surface area contributed by atoms with Crippen LogP contribution in [0.2, 0.25) is 5.02 Å². The summed E-state index contributed by atoms with van der Waals surface area (Å²) in [5.74, 6) is -1.24. The molecule has 4 aromatic rings. The number of rotatable bonds is 5. The first-order valence-electron chi connectivity index (χ1n) is 11.4. The Labute approximate surface area is 215 Å². The summed E-state index contributed by atoms with van der Waals surface area (Å²) in [5, 5.41) is 13.5. The van der Waals surface area contributed by atoms with E-state index in [1.54, 1.807) is 66.7 Å². The number of anilines is 2. The second-order valence-electron chi connectivity index (χ2n) is 8.62. The topological polar surface area (TPSA) is 106 Å². The molecule has 3 atom stereocenters. The van der Waals surface area contributed by atoms with Gasteiger partial charge in [0.25, 0.3) is 11.6 Å². The number of nitro benzene ring substituents is 1. The summed E-state index contributed by atoms with van der Waals surface area (Å²) in [4.78, 5) is 45.4. The van der Waals surface area contributed by atoms with Crippen molar-refractivity contribution in [1.82, 2.24) is 0 Å². The number of hydrogen-bond donors (Lipinski definition) is 0. The predicted molar refractivity (Wildman–Crippen MR) is 135 cm³/mol. The molecule has 184 valence electrons. The van der Waals surface area contributed by atoms with Gasteiger partial charge in [0.1, 0.15) is 23.5 Å². The van der Waals surface area contributed by atoms with Crippen LogP contribution in [0.3, 0.4) is 0 Å². The zero-order chi connectivity index (χ0) is 25.7. The van der Waals surface area contributed by atoms with E-state index < -0.39 is 34.8 Å². The Bertz CT molecular complexity index is 1520. The van der Waals surface area contributed by atoms with Gasteiger partial charge >= 0.3 is 0 Å². The highest BCUT2D eigenvalue weighted by Gasteiger charge is 2.61. The van der Waals surface area contributed by atoms with Gasteiger partial charge in [0, 0.05) is 11.1 Å². The summed E-state index contributed by atoms with van der Waals surface area (Å²) in [5.41, 5.74) is 1.22. The third-order valence-electron chi connectivity index (χ3n) is 6.50. The molecule has 10 heteroatoms. The molecule has 2 aliphatic heterocycles. The Balaban J connectivity index is 1.43. The van der Waals surface area contributed by atoms with E-state index in [-0.39, 0.29) is 11.4 Å². The van der Waals surface area contributed by atoms with Crippen LogP contribution in [0.4, 0.5) is 17.1 Å². The molecule has 0 N–H and O–H groups in total. The standard InChI is InChI=1S/C27H18ClN3O6/c28-16-10-12-17(13-11-16)29-26(32)23-24(30(37-25(23)27(29)33)18-6-2-1-3-7-18)22-15-14-21(36-22)19-8-4-5-9-20(19)31(34)35/h1-15,23-25H/t23-,24-,25-/m1/s1. The number of hydroxylamine groups is 1. The molecular weight excluding hydrogens is 498 g/mol. The molecule has 3 heterocycles. The van der Waals surface area contributed by atoms with Crippen molar-refractivity contribution in [2.75, 3.05) is 9.96 Å². The Morgan fingerprint density at radius 1 is 0.811 bits per heavy atom. The van der Waals surface area contributed by atoms with Crippen molar-refractivity contribution in [2.45, 2.75) is 12.1 Å². The first-order chi connectivity index (χ1) is 17.9. The number of benzene rings is 3. The Morgan fingerprint density at radius 2 is 1.51 bits per heavy atom. The van der Waals surface area contributed by atoms with Gasteiger partial charge in [-0.1, -0.05) is 41.9 Å². The van der Waals surface area contributed by atoms with Gasteiger partial charge in [-0.05, 0) is 54.6 Å². The van der Waals surface area contributed by atoms with Crippen LogP contribution in [0.25, 0.3) is 11.3 Å². The fraction of sp³-hybridized carbons (Fsp3) is 0.111. The molecule has 0 aliphatic carbocycles. The lowest BCUT2D eigenvalue weighted by atomic mass is 9.94. The molecular formula is C27H18ClN3O6. The van der Waals surface area contributed by atoms with Crippen molar-refractivity contribution >= 4 is 40.5 Å². The number of amides is 2. The summed E-state index contributed by atoms with van der Waals surface area (Å²) in [7, 11) is 0. The molecule has 6 rings (SSSR count). The molecule has 37 heavy (non-hydrogen) atoms. The number of halogens is 1. The van der Waals surface area contributed by atoms with Crippen LogP contribution in [0.5, 0.6) is 0 Å². The Kier molecular flexibility index (Phi) is 5.51. The molecule has 1 aromatic heterocycles. The maximum atomic E-state index is 13.7. The van der Waals surface area contributed by atoms with Crippen molar-refractivity contribution in [3.05, 3.63) is 112 Å². The van der Waals surface area contributed by atoms with Crippen molar-refractivity contribution in [2.24, 2.45) is 5.92 Å². The van der Waals surface area contributed by atoms with Gasteiger partial charge in [-0.15, -0.1) is 0 Å². The molecule has 2 fully saturated rings. The van der Waals surface area contributed by atoms with E-state index in [4.69, 9.17) is 20.9 Å². The highest BCUT2D eigenvalue weighted by atomic mass is 35.5. The second-order valence-corrected chi connectivity index (χ2v) is 9.06. The summed E-state index contributed by atoms with van der Waals surface area (Å²) < 4.78 is 6.12. The molecule has 2 saturated heterocycles. The smallest absolute Gasteiger partial charge is 0.280 e. The molecule has 0 saturated carbocycles. The summed E-state index contributed by atoms with van der Waals surface area (Å²) >= 11 is 5.99. The molecule has 2 aliphatic rings. The van der Waals surface area contributed by atoms with Gasteiger partial charge in [0.15, 0.2) is 6.10 Å². The number of nitro groups is 1. The molecule has 0 bridgehead atoms. The minimum atomic E-state index is -1.08. The van der Waals surface area contributed by atoms with Crippen molar-refractivity contribution < 1.29 is 23.8 Å². The van der Waals surface area contributed by atoms with E-state index in [9.17, 15) is 19.7 Å². The number of carbonyl (C=O) groups is 2. The number of nitrogens with zero attached hydrogens (tertiary/aromatic N) is 3. The quantitative estimate of drug-likeness (QED) is 0.194. The van der Waals surface area contributed by atoms with Crippen LogP contribution >= 0.6 is 11.6 Å². The van der Waals surface area contributed by atoms with Gasteiger partial charge in [-0.2, -0.15) is 0 Å². The lowest BCUT2D eigenvalue weighted by Gasteiger charge is -2.27. The predicted octanol–water partition coefficient (Wildman–Crippen LogP) is 5.56. The van der Waals surface area contributed by atoms with Crippen LogP contribution in [-0.4, -0.2) is 22.8 Å². The number of furan rings is 1. The molecule has 9 nitrogen and oxygen atoms in total. The van der Waals surface area contributed by atoms with Crippen LogP contribution in [-0.2, 0) is 14.4 Å². The third kappa shape index (κ3) is 3.76. The minimum absolute atomic E-state index is 0.107. The van der Waals surface area contributed by atoms with Crippen LogP contribution < -0.4 is 9.96 Å². The third-order valence-corrected chi connectivity index (χ3v) is 6.75. The fourth-order valence-corrected chi connectivity index (χ4v) is 4.97. The monoisotopic (exact) mass is 515 g/mol. The molecule has 2 amide bonds. The van der Waals surface area contributed by atoms with Gasteiger partial charge in [-0.25, -0.2) is 9.96 Å². The van der Waals surface area contributed by atoms with E-state index in [1.807, 2.05) is 18.2 Å². The first-order valence-corrected chi connectivity index (χ1v) is 11.8. The Hall–Kier alpha value is -4.47. The summed E-state index contributed by atoms with van der Waals surface area (Å²) in [6.45, 7) is 0. The van der Waals surface area contributed by atoms with Crippen LogP contribution in [0.15, 0.2) is 95.4 Å². The minimum Gasteiger partial charge on any atom is -0.458 e. The summed E-state index contributed by atoms with van der Waals surface area (Å²) in [6, 6.07) is 24.2. The molecule has 3 aromatic carbocycles. The summed E-state index contributed by atoms with van der Waals surface area (Å²) in [6.07, 6.45) is -1.08. The second kappa shape index (κ2) is 8.88. The van der Waals surface area contributed by atoms with Gasteiger partial charge < -0.3 is 4.42 Å². The molecule has 0 unspecified atom stereocenters. The van der Waals surface area contributed by atoms with Crippen molar-refractivity contribution in [3.8, 4) is 11.3 Å². The van der Waals surface area contributed by atoms with E-state index in [0.29, 0.717) is 27.7 Å². The molecule has 0 spiro atoms. The van der Waals surface area contributed by atoms with E-state index in [0.717, 1.165) is 4.90 Å². The maximum absolute atomic E-state index is 13.7. The lowest BCUT2D eigenvalue weighted by molar-refractivity contribution is -0.384. The van der Waals surface area contributed by atoms with Crippen molar-refractivity contribution in [3.63, 3.8) is 0 Å². The normalized spacial score (nSPS) is 20.9. The largest absolute Gasteiger partial charge is 0.458 e. The number of hydrogen-bond acceptors (Lipinski definition) is 7. The Morgan fingerprint density at radius 3 is 2.24 bits per heavy atom. The van der Waals surface area contributed by atoms with Gasteiger partial charge in [0.2, 0.25) is 5.91 Å². The number of imide groups is 1. The SMILES string of the molecule is O=C1[C@@H]2[C@@H](c3ccc(-c4ccccc4[N+](=O)[O-])o3)N(c3ccccc3)O[C@H]2C(=O)N1c1ccc(Cl)cc1.